The first kappa shape index (κ1) is 13.1. The largest absolute Gasteiger partial charge is 0.437 e. The van der Waals surface area contributed by atoms with Crippen LogP contribution in [0.1, 0.15) is 5.69 Å². The summed E-state index contributed by atoms with van der Waals surface area (Å²) in [5, 5.41) is 4.15. The molecule has 1 aromatic heterocycles. The van der Waals surface area contributed by atoms with Gasteiger partial charge in [0.2, 0.25) is 5.88 Å². The van der Waals surface area contributed by atoms with E-state index in [1.54, 1.807) is 24.3 Å². The normalized spacial score (nSPS) is 10.4. The minimum atomic E-state index is 0.470. The van der Waals surface area contributed by atoms with Crippen molar-refractivity contribution < 1.29 is 4.74 Å². The Morgan fingerprint density at radius 1 is 1.11 bits per heavy atom. The summed E-state index contributed by atoms with van der Waals surface area (Å²) in [7, 11) is 1.83. The molecule has 2 rings (SSSR count). The van der Waals surface area contributed by atoms with Crippen molar-refractivity contribution in [3.8, 4) is 11.6 Å². The maximum atomic E-state index is 6.03. The second-order valence-electron chi connectivity index (χ2n) is 3.64. The van der Waals surface area contributed by atoms with Gasteiger partial charge in [0.25, 0.3) is 0 Å². The van der Waals surface area contributed by atoms with E-state index in [2.05, 4.69) is 10.3 Å². The SMILES string of the molecule is CNCc1nc(Oc2ccccc2Cl)ccc1Cl. The number of pyridine rings is 1. The maximum Gasteiger partial charge on any atom is 0.219 e. The van der Waals surface area contributed by atoms with Crippen LogP contribution in [-0.2, 0) is 6.54 Å². The summed E-state index contributed by atoms with van der Waals surface area (Å²) in [5.41, 5.74) is 0.740. The summed E-state index contributed by atoms with van der Waals surface area (Å²) in [6.07, 6.45) is 0. The standard InChI is InChI=1S/C13H12Cl2N2O/c1-16-8-11-9(14)6-7-13(17-11)18-12-5-3-2-4-10(12)15/h2-7,16H,8H2,1H3. The van der Waals surface area contributed by atoms with Gasteiger partial charge in [-0.15, -0.1) is 0 Å². The van der Waals surface area contributed by atoms with Crippen LogP contribution in [0.25, 0.3) is 0 Å². The zero-order valence-corrected chi connectivity index (χ0v) is 11.3. The molecule has 5 heteroatoms. The number of benzene rings is 1. The predicted molar refractivity (Wildman–Crippen MR) is 73.5 cm³/mol. The average molecular weight is 283 g/mol. The first-order valence-electron chi connectivity index (χ1n) is 5.43. The molecule has 0 fully saturated rings. The maximum absolute atomic E-state index is 6.03. The highest BCUT2D eigenvalue weighted by Crippen LogP contribution is 2.28. The summed E-state index contributed by atoms with van der Waals surface area (Å²) in [5.74, 6) is 1.04. The fourth-order valence-corrected chi connectivity index (χ4v) is 1.80. The van der Waals surface area contributed by atoms with Crippen molar-refractivity contribution in [2.75, 3.05) is 7.05 Å². The molecule has 0 aliphatic rings. The quantitative estimate of drug-likeness (QED) is 0.924. The smallest absolute Gasteiger partial charge is 0.219 e. The van der Waals surface area contributed by atoms with Gasteiger partial charge in [-0.2, -0.15) is 0 Å². The molecule has 0 aliphatic heterocycles. The van der Waals surface area contributed by atoms with Gasteiger partial charge in [0.15, 0.2) is 0 Å². The lowest BCUT2D eigenvalue weighted by Gasteiger charge is -2.09. The first-order valence-corrected chi connectivity index (χ1v) is 6.18. The third-order valence-electron chi connectivity index (χ3n) is 2.29. The lowest BCUT2D eigenvalue weighted by molar-refractivity contribution is 0.460. The molecule has 1 heterocycles. The van der Waals surface area contributed by atoms with Gasteiger partial charge in [-0.1, -0.05) is 35.3 Å². The Bertz CT molecular complexity index is 546. The van der Waals surface area contributed by atoms with Crippen molar-refractivity contribution >= 4 is 23.2 Å². The Hall–Kier alpha value is -1.29. The highest BCUT2D eigenvalue weighted by Gasteiger charge is 2.06. The molecule has 0 saturated heterocycles. The molecule has 0 aliphatic carbocycles. The fraction of sp³-hybridized carbons (Fsp3) is 0.154. The summed E-state index contributed by atoms with van der Waals surface area (Å²) in [6.45, 7) is 0.582. The minimum Gasteiger partial charge on any atom is -0.437 e. The summed E-state index contributed by atoms with van der Waals surface area (Å²) < 4.78 is 5.62. The van der Waals surface area contributed by atoms with Crippen LogP contribution in [0.15, 0.2) is 36.4 Å². The Morgan fingerprint density at radius 3 is 2.61 bits per heavy atom. The number of ether oxygens (including phenoxy) is 1. The topological polar surface area (TPSA) is 34.2 Å². The fourth-order valence-electron chi connectivity index (χ4n) is 1.45. The van der Waals surface area contributed by atoms with E-state index in [1.807, 2.05) is 19.2 Å². The summed E-state index contributed by atoms with van der Waals surface area (Å²) in [4.78, 5) is 4.32. The lowest BCUT2D eigenvalue weighted by atomic mass is 10.3. The van der Waals surface area contributed by atoms with Crippen LogP contribution in [0.3, 0.4) is 0 Å². The molecule has 1 aromatic carbocycles. The summed E-state index contributed by atoms with van der Waals surface area (Å²) in [6, 6.07) is 10.7. The minimum absolute atomic E-state index is 0.470. The van der Waals surface area contributed by atoms with E-state index in [-0.39, 0.29) is 0 Å². The Balaban J connectivity index is 2.24. The van der Waals surface area contributed by atoms with Crippen LogP contribution in [0.2, 0.25) is 10.0 Å². The highest BCUT2D eigenvalue weighted by molar-refractivity contribution is 6.32. The summed E-state index contributed by atoms with van der Waals surface area (Å²) >= 11 is 12.0. The molecule has 3 nitrogen and oxygen atoms in total. The number of halogens is 2. The van der Waals surface area contributed by atoms with Crippen molar-refractivity contribution in [3.05, 3.63) is 52.1 Å². The number of aromatic nitrogens is 1. The van der Waals surface area contributed by atoms with E-state index in [0.29, 0.717) is 28.2 Å². The molecule has 18 heavy (non-hydrogen) atoms. The molecule has 0 radical (unpaired) electrons. The van der Waals surface area contributed by atoms with Gasteiger partial charge in [0, 0.05) is 12.6 Å². The van der Waals surface area contributed by atoms with Crippen LogP contribution < -0.4 is 10.1 Å². The molecule has 0 spiro atoms. The number of hydrogen-bond donors (Lipinski definition) is 1. The zero-order chi connectivity index (χ0) is 13.0. The number of hydrogen-bond acceptors (Lipinski definition) is 3. The van der Waals surface area contributed by atoms with Gasteiger partial charge in [-0.25, -0.2) is 4.98 Å². The average Bonchev–Trinajstić information content (AvgIpc) is 2.36. The van der Waals surface area contributed by atoms with Crippen molar-refractivity contribution in [2.45, 2.75) is 6.54 Å². The monoisotopic (exact) mass is 282 g/mol. The highest BCUT2D eigenvalue weighted by atomic mass is 35.5. The molecule has 0 saturated carbocycles. The molecular weight excluding hydrogens is 271 g/mol. The molecule has 1 N–H and O–H groups in total. The number of rotatable bonds is 4. The van der Waals surface area contributed by atoms with Crippen molar-refractivity contribution in [2.24, 2.45) is 0 Å². The van der Waals surface area contributed by atoms with E-state index in [4.69, 9.17) is 27.9 Å². The second kappa shape index (κ2) is 6.05. The Kier molecular flexibility index (Phi) is 4.42. The van der Waals surface area contributed by atoms with Crippen LogP contribution in [0.5, 0.6) is 11.6 Å². The Morgan fingerprint density at radius 2 is 1.89 bits per heavy atom. The van der Waals surface area contributed by atoms with Crippen LogP contribution in [0, 0.1) is 0 Å². The van der Waals surface area contributed by atoms with Gasteiger partial charge in [-0.3, -0.25) is 0 Å². The first-order chi connectivity index (χ1) is 8.70. The van der Waals surface area contributed by atoms with Gasteiger partial charge in [0.05, 0.1) is 15.7 Å². The van der Waals surface area contributed by atoms with Crippen molar-refractivity contribution in [3.63, 3.8) is 0 Å². The molecule has 0 amide bonds. The van der Waals surface area contributed by atoms with E-state index in [1.165, 1.54) is 0 Å². The van der Waals surface area contributed by atoms with E-state index in [9.17, 15) is 0 Å². The number of para-hydroxylation sites is 1. The molecule has 2 aromatic rings. The Labute approximate surface area is 116 Å². The third kappa shape index (κ3) is 3.13. The molecule has 94 valence electrons. The number of nitrogens with zero attached hydrogens (tertiary/aromatic N) is 1. The van der Waals surface area contributed by atoms with Crippen LogP contribution >= 0.6 is 23.2 Å². The van der Waals surface area contributed by atoms with Crippen molar-refractivity contribution in [1.29, 1.82) is 0 Å². The molecule has 0 bridgehead atoms. The van der Waals surface area contributed by atoms with E-state index < -0.39 is 0 Å². The van der Waals surface area contributed by atoms with Gasteiger partial charge in [-0.05, 0) is 25.2 Å². The molecule has 0 atom stereocenters. The predicted octanol–water partition coefficient (Wildman–Crippen LogP) is 3.90. The van der Waals surface area contributed by atoms with E-state index in [0.717, 1.165) is 5.69 Å². The molecule has 0 unspecified atom stereocenters. The zero-order valence-electron chi connectivity index (χ0n) is 9.78. The van der Waals surface area contributed by atoms with Crippen molar-refractivity contribution in [1.82, 2.24) is 10.3 Å². The van der Waals surface area contributed by atoms with Crippen LogP contribution in [-0.4, -0.2) is 12.0 Å². The van der Waals surface area contributed by atoms with Gasteiger partial charge < -0.3 is 10.1 Å². The van der Waals surface area contributed by atoms with Gasteiger partial charge in [0.1, 0.15) is 5.75 Å². The van der Waals surface area contributed by atoms with Gasteiger partial charge >= 0.3 is 0 Å². The van der Waals surface area contributed by atoms with E-state index >= 15 is 0 Å². The lowest BCUT2D eigenvalue weighted by Crippen LogP contribution is -2.07. The molecular formula is C13H12Cl2N2O. The van der Waals surface area contributed by atoms with Crippen LogP contribution in [0.4, 0.5) is 0 Å². The third-order valence-corrected chi connectivity index (χ3v) is 2.94. The second-order valence-corrected chi connectivity index (χ2v) is 4.46. The number of nitrogens with one attached hydrogen (secondary N) is 1.